The molecule has 3 aromatic rings. The fraction of sp³-hybridized carbons (Fsp3) is 0.458. The summed E-state index contributed by atoms with van der Waals surface area (Å²) in [7, 11) is 0. The fourth-order valence-corrected chi connectivity index (χ4v) is 5.43. The maximum absolute atomic E-state index is 13.0. The van der Waals surface area contributed by atoms with Crippen molar-refractivity contribution in [3.63, 3.8) is 0 Å². The zero-order chi connectivity index (χ0) is 24.7. The highest BCUT2D eigenvalue weighted by Gasteiger charge is 2.33. The molecule has 10 heteroatoms. The predicted octanol–water partition coefficient (Wildman–Crippen LogP) is 5.46. The third-order valence-electron chi connectivity index (χ3n) is 6.18. The van der Waals surface area contributed by atoms with Gasteiger partial charge >= 0.3 is 6.18 Å². The van der Waals surface area contributed by atoms with Gasteiger partial charge in [0.15, 0.2) is 0 Å². The predicted molar refractivity (Wildman–Crippen MR) is 124 cm³/mol. The monoisotopic (exact) mass is 493 g/mol. The number of aliphatic hydroxyl groups excluding tert-OH is 1. The van der Waals surface area contributed by atoms with Gasteiger partial charge in [-0.25, -0.2) is 9.97 Å². The molecule has 1 fully saturated rings. The summed E-state index contributed by atoms with van der Waals surface area (Å²) in [5.74, 6) is -0.181. The molecule has 3 N–H and O–H groups in total. The first-order valence-electron chi connectivity index (χ1n) is 11.1. The molecular formula is C24H26F3N3O3S. The average Bonchev–Trinajstić information content (AvgIpc) is 3.20. The van der Waals surface area contributed by atoms with Crippen LogP contribution in [0.1, 0.15) is 72.2 Å². The molecule has 2 aromatic heterocycles. The number of nitrogens with zero attached hydrogens (tertiary/aromatic N) is 2. The Morgan fingerprint density at radius 2 is 1.85 bits per heavy atom. The molecule has 4 rings (SSSR count). The van der Waals surface area contributed by atoms with E-state index in [1.54, 1.807) is 26.0 Å². The van der Waals surface area contributed by atoms with Crippen molar-refractivity contribution in [1.82, 2.24) is 9.97 Å². The number of alkyl halides is 3. The highest BCUT2D eigenvalue weighted by Crippen LogP contribution is 2.41. The van der Waals surface area contributed by atoms with Gasteiger partial charge in [0.1, 0.15) is 11.4 Å². The zero-order valence-electron chi connectivity index (χ0n) is 18.8. The van der Waals surface area contributed by atoms with Crippen molar-refractivity contribution in [2.75, 3.05) is 11.9 Å². The summed E-state index contributed by atoms with van der Waals surface area (Å²) in [5, 5.41) is 23.7. The molecule has 0 atom stereocenters. The third-order valence-corrected chi connectivity index (χ3v) is 7.36. The zero-order valence-corrected chi connectivity index (χ0v) is 19.6. The Morgan fingerprint density at radius 3 is 2.47 bits per heavy atom. The third kappa shape index (κ3) is 5.24. The molecule has 1 aromatic carbocycles. The second-order valence-electron chi connectivity index (χ2n) is 9.24. The molecule has 0 radical (unpaired) electrons. The minimum atomic E-state index is -4.66. The maximum atomic E-state index is 13.0. The van der Waals surface area contributed by atoms with Crippen molar-refractivity contribution < 1.29 is 28.2 Å². The van der Waals surface area contributed by atoms with Gasteiger partial charge in [-0.2, -0.15) is 13.2 Å². The van der Waals surface area contributed by atoms with Gasteiger partial charge in [0, 0.05) is 23.8 Å². The summed E-state index contributed by atoms with van der Waals surface area (Å²) in [6, 6.07) is 6.56. The maximum Gasteiger partial charge on any atom is 0.433 e. The number of rotatable bonds is 5. The van der Waals surface area contributed by atoms with Crippen LogP contribution in [0.5, 0.6) is 0 Å². The van der Waals surface area contributed by atoms with Crippen molar-refractivity contribution in [3.05, 3.63) is 52.3 Å². The quantitative estimate of drug-likeness (QED) is 0.439. The minimum Gasteiger partial charge on any atom is -0.396 e. The van der Waals surface area contributed by atoms with E-state index in [4.69, 9.17) is 4.98 Å². The van der Waals surface area contributed by atoms with E-state index in [0.29, 0.717) is 22.7 Å². The number of carbonyl (C=O) groups excluding carboxylic acids is 1. The topological polar surface area (TPSA) is 95.3 Å². The van der Waals surface area contributed by atoms with Gasteiger partial charge in [0.05, 0.1) is 20.8 Å². The number of hydrogen-bond acceptors (Lipinski definition) is 6. The van der Waals surface area contributed by atoms with Crippen molar-refractivity contribution in [2.24, 2.45) is 5.92 Å². The number of aliphatic hydroxyl groups is 2. The largest absolute Gasteiger partial charge is 0.433 e. The van der Waals surface area contributed by atoms with Crippen molar-refractivity contribution >= 4 is 33.1 Å². The van der Waals surface area contributed by atoms with Gasteiger partial charge < -0.3 is 15.5 Å². The van der Waals surface area contributed by atoms with E-state index in [1.165, 1.54) is 17.4 Å². The molecule has 1 aliphatic carbocycles. The Labute approximate surface area is 198 Å². The number of pyridine rings is 1. The van der Waals surface area contributed by atoms with Gasteiger partial charge in [-0.1, -0.05) is 6.07 Å². The molecule has 0 bridgehead atoms. The smallest absolute Gasteiger partial charge is 0.396 e. The summed E-state index contributed by atoms with van der Waals surface area (Å²) in [5.41, 5.74) is -1.47. The summed E-state index contributed by atoms with van der Waals surface area (Å²) in [6.07, 6.45) is -0.903. The number of halogens is 3. The summed E-state index contributed by atoms with van der Waals surface area (Å²) in [6.45, 7) is 3.33. The number of benzene rings is 1. The van der Waals surface area contributed by atoms with Gasteiger partial charge in [0.25, 0.3) is 5.91 Å². The Kier molecular flexibility index (Phi) is 6.67. The summed E-state index contributed by atoms with van der Waals surface area (Å²) >= 11 is 1.50. The van der Waals surface area contributed by atoms with Crippen molar-refractivity contribution in [3.8, 4) is 0 Å². The number of aromatic nitrogens is 2. The number of nitrogens with one attached hydrogen (secondary N) is 1. The van der Waals surface area contributed by atoms with E-state index < -0.39 is 23.4 Å². The molecule has 6 nitrogen and oxygen atoms in total. The molecular weight excluding hydrogens is 467 g/mol. The van der Waals surface area contributed by atoms with E-state index in [2.05, 4.69) is 10.3 Å². The van der Waals surface area contributed by atoms with Gasteiger partial charge in [-0.15, -0.1) is 11.3 Å². The molecule has 1 saturated carbocycles. The minimum absolute atomic E-state index is 0.200. The van der Waals surface area contributed by atoms with Gasteiger partial charge in [0.2, 0.25) is 0 Å². The van der Waals surface area contributed by atoms with E-state index >= 15 is 0 Å². The van der Waals surface area contributed by atoms with Crippen LogP contribution in [-0.4, -0.2) is 32.7 Å². The standard InChI is InChI=1S/C24H26F3N3O3S/c1-23(2,33)15-10-18-19(34-22(30-18)14-8-6-13(12-31)7-9-14)11-17(15)29-21(32)16-4-3-5-20(28-16)24(25,26)27/h3-5,10-11,13-14,31,33H,6-9,12H2,1-2H3,(H,29,32)/t13-,14-. The lowest BCUT2D eigenvalue weighted by atomic mass is 9.83. The lowest BCUT2D eigenvalue weighted by Gasteiger charge is -2.25. The second kappa shape index (κ2) is 9.24. The van der Waals surface area contributed by atoms with Crippen molar-refractivity contribution in [2.45, 2.75) is 57.2 Å². The van der Waals surface area contributed by atoms with Crippen LogP contribution in [0.3, 0.4) is 0 Å². The molecule has 2 heterocycles. The SMILES string of the molecule is CC(C)(O)c1cc2nc([C@H]3CC[C@H](CO)CC3)sc2cc1NC(=O)c1cccc(C(F)(F)F)n1. The van der Waals surface area contributed by atoms with Crippen LogP contribution in [0, 0.1) is 5.92 Å². The molecule has 0 saturated heterocycles. The highest BCUT2D eigenvalue weighted by atomic mass is 32.1. The van der Waals surface area contributed by atoms with E-state index in [-0.39, 0.29) is 18.2 Å². The number of hydrogen-bond donors (Lipinski definition) is 3. The molecule has 1 aliphatic rings. The lowest BCUT2D eigenvalue weighted by molar-refractivity contribution is -0.141. The Hall–Kier alpha value is -2.56. The Morgan fingerprint density at radius 1 is 1.15 bits per heavy atom. The van der Waals surface area contributed by atoms with Crippen LogP contribution >= 0.6 is 11.3 Å². The molecule has 0 spiro atoms. The first kappa shape index (κ1) is 24.6. The number of amides is 1. The van der Waals surface area contributed by atoms with Crippen LogP contribution in [0.2, 0.25) is 0 Å². The first-order chi connectivity index (χ1) is 16.0. The van der Waals surface area contributed by atoms with Crippen LogP contribution in [0.25, 0.3) is 10.2 Å². The van der Waals surface area contributed by atoms with Crippen LogP contribution in [0.4, 0.5) is 18.9 Å². The number of carbonyl (C=O) groups is 1. The number of fused-ring (bicyclic) bond motifs is 1. The van der Waals surface area contributed by atoms with Gasteiger partial charge in [-0.3, -0.25) is 4.79 Å². The molecule has 0 unspecified atom stereocenters. The van der Waals surface area contributed by atoms with E-state index in [0.717, 1.165) is 47.5 Å². The summed E-state index contributed by atoms with van der Waals surface area (Å²) in [4.78, 5) is 21.0. The highest BCUT2D eigenvalue weighted by molar-refractivity contribution is 7.18. The van der Waals surface area contributed by atoms with Crippen LogP contribution in [-0.2, 0) is 11.8 Å². The Bertz CT molecular complexity index is 1200. The van der Waals surface area contributed by atoms with Crippen LogP contribution < -0.4 is 5.32 Å². The lowest BCUT2D eigenvalue weighted by Crippen LogP contribution is -2.22. The van der Waals surface area contributed by atoms with E-state index in [9.17, 15) is 28.2 Å². The molecule has 34 heavy (non-hydrogen) atoms. The normalized spacial score (nSPS) is 19.4. The Balaban J connectivity index is 1.66. The fourth-order valence-electron chi connectivity index (χ4n) is 4.27. The average molecular weight is 494 g/mol. The van der Waals surface area contributed by atoms with Gasteiger partial charge in [-0.05, 0) is 69.7 Å². The second-order valence-corrected chi connectivity index (χ2v) is 10.3. The first-order valence-corrected chi connectivity index (χ1v) is 11.9. The number of anilines is 1. The molecule has 0 aliphatic heterocycles. The van der Waals surface area contributed by atoms with E-state index in [1.807, 2.05) is 0 Å². The number of thiazole rings is 1. The van der Waals surface area contributed by atoms with Crippen molar-refractivity contribution in [1.29, 1.82) is 0 Å². The molecule has 1 amide bonds. The van der Waals surface area contributed by atoms with Crippen LogP contribution in [0.15, 0.2) is 30.3 Å². The molecule has 182 valence electrons. The summed E-state index contributed by atoms with van der Waals surface area (Å²) < 4.78 is 39.8.